The molecule has 3 rings (SSSR count). The van der Waals surface area contributed by atoms with Gasteiger partial charge in [-0.1, -0.05) is 18.2 Å². The number of hydrogen-bond donors (Lipinski definition) is 4. The molecule has 2 amide bonds. The average Bonchev–Trinajstić information content (AvgIpc) is 2.70. The van der Waals surface area contributed by atoms with Gasteiger partial charge in [-0.15, -0.1) is 0 Å². The van der Waals surface area contributed by atoms with Gasteiger partial charge in [0.2, 0.25) is 5.91 Å². The number of alkyl carbamates (subject to hydrolysis) is 1. The van der Waals surface area contributed by atoms with Gasteiger partial charge in [-0.25, -0.2) is 4.79 Å². The second-order valence-corrected chi connectivity index (χ2v) is 8.27. The molecular formula is C23H28N4O4. The van der Waals surface area contributed by atoms with E-state index >= 15 is 0 Å². The number of hydrogen-bond acceptors (Lipinski definition) is 5. The molecule has 31 heavy (non-hydrogen) atoms. The Bertz CT molecular complexity index is 1150. The SMILES string of the molecule is CC(C)(C)OC(=O)NCCCNCC(=O)Nc1ccc2[nH]c(=O)c3ccccc3c2c1. The summed E-state index contributed by atoms with van der Waals surface area (Å²) in [5.74, 6) is -0.173. The molecule has 0 aliphatic rings. The van der Waals surface area contributed by atoms with Crippen molar-refractivity contribution in [2.45, 2.75) is 32.8 Å². The molecule has 0 aliphatic carbocycles. The molecule has 0 saturated heterocycles. The van der Waals surface area contributed by atoms with E-state index in [-0.39, 0.29) is 18.0 Å². The molecule has 0 spiro atoms. The number of amides is 2. The molecule has 2 aromatic carbocycles. The molecule has 3 aromatic rings. The number of pyridine rings is 1. The number of carbonyl (C=O) groups excluding carboxylic acids is 2. The number of H-pyrrole nitrogens is 1. The molecule has 0 atom stereocenters. The summed E-state index contributed by atoms with van der Waals surface area (Å²) in [5, 5.41) is 10.9. The van der Waals surface area contributed by atoms with Gasteiger partial charge in [0, 0.05) is 28.5 Å². The molecule has 8 nitrogen and oxygen atoms in total. The van der Waals surface area contributed by atoms with Crippen LogP contribution in [0.5, 0.6) is 0 Å². The van der Waals surface area contributed by atoms with Crippen molar-refractivity contribution in [1.82, 2.24) is 15.6 Å². The van der Waals surface area contributed by atoms with Crippen LogP contribution >= 0.6 is 0 Å². The van der Waals surface area contributed by atoms with Crippen LogP contribution in [0.2, 0.25) is 0 Å². The Hall–Kier alpha value is -3.39. The number of aromatic amines is 1. The van der Waals surface area contributed by atoms with Crippen LogP contribution in [-0.2, 0) is 9.53 Å². The predicted octanol–water partition coefficient (Wildman–Crippen LogP) is 3.12. The average molecular weight is 425 g/mol. The molecule has 4 N–H and O–H groups in total. The molecule has 0 fully saturated rings. The third-order valence-electron chi connectivity index (χ3n) is 4.50. The zero-order valence-corrected chi connectivity index (χ0v) is 18.0. The highest BCUT2D eigenvalue weighted by Gasteiger charge is 2.15. The second kappa shape index (κ2) is 9.61. The van der Waals surface area contributed by atoms with Gasteiger partial charge in [0.15, 0.2) is 0 Å². The molecule has 0 bridgehead atoms. The minimum atomic E-state index is -0.523. The van der Waals surface area contributed by atoms with E-state index in [1.54, 1.807) is 18.2 Å². The molecule has 0 unspecified atom stereocenters. The fraction of sp³-hybridized carbons (Fsp3) is 0.348. The van der Waals surface area contributed by atoms with Crippen LogP contribution in [0.25, 0.3) is 21.7 Å². The van der Waals surface area contributed by atoms with Crippen LogP contribution in [-0.4, -0.2) is 42.2 Å². The molecule has 0 radical (unpaired) electrons. The van der Waals surface area contributed by atoms with Crippen molar-refractivity contribution in [3.8, 4) is 0 Å². The zero-order valence-electron chi connectivity index (χ0n) is 18.0. The smallest absolute Gasteiger partial charge is 0.407 e. The summed E-state index contributed by atoms with van der Waals surface area (Å²) in [6.07, 6.45) is 0.220. The summed E-state index contributed by atoms with van der Waals surface area (Å²) in [6, 6.07) is 12.8. The highest BCUT2D eigenvalue weighted by atomic mass is 16.6. The second-order valence-electron chi connectivity index (χ2n) is 8.27. The van der Waals surface area contributed by atoms with Crippen LogP contribution in [0.15, 0.2) is 47.3 Å². The van der Waals surface area contributed by atoms with Crippen molar-refractivity contribution in [2.75, 3.05) is 25.0 Å². The number of nitrogens with one attached hydrogen (secondary N) is 4. The first kappa shape index (κ1) is 22.3. The molecular weight excluding hydrogens is 396 g/mol. The first-order chi connectivity index (χ1) is 14.7. The fourth-order valence-electron chi connectivity index (χ4n) is 3.18. The van der Waals surface area contributed by atoms with Gasteiger partial charge in [-0.3, -0.25) is 9.59 Å². The van der Waals surface area contributed by atoms with Gasteiger partial charge >= 0.3 is 6.09 Å². The van der Waals surface area contributed by atoms with E-state index in [4.69, 9.17) is 4.74 Å². The van der Waals surface area contributed by atoms with Crippen LogP contribution in [0.3, 0.4) is 0 Å². The highest BCUT2D eigenvalue weighted by Crippen LogP contribution is 2.24. The standard InChI is InChI=1S/C23H28N4O4/c1-23(2,3)31-22(30)25-12-6-11-24-14-20(28)26-15-9-10-19-18(13-15)16-7-4-5-8-17(16)21(29)27-19/h4-5,7-10,13,24H,6,11-12,14H2,1-3H3,(H,25,30)(H,26,28)(H,27,29). The first-order valence-corrected chi connectivity index (χ1v) is 10.3. The number of anilines is 1. The summed E-state index contributed by atoms with van der Waals surface area (Å²) >= 11 is 0. The molecule has 0 aliphatic heterocycles. The maximum absolute atomic E-state index is 12.2. The Morgan fingerprint density at radius 2 is 1.74 bits per heavy atom. The summed E-state index contributed by atoms with van der Waals surface area (Å²) in [6.45, 7) is 6.61. The van der Waals surface area contributed by atoms with Gasteiger partial charge in [-0.2, -0.15) is 0 Å². The van der Waals surface area contributed by atoms with Gasteiger partial charge in [0.05, 0.1) is 6.54 Å². The molecule has 0 saturated carbocycles. The Kier molecular flexibility index (Phi) is 6.91. The normalized spacial score (nSPS) is 11.5. The monoisotopic (exact) mass is 424 g/mol. The van der Waals surface area contributed by atoms with Crippen LogP contribution in [0.4, 0.5) is 10.5 Å². The van der Waals surface area contributed by atoms with Crippen LogP contribution in [0.1, 0.15) is 27.2 Å². The van der Waals surface area contributed by atoms with Crippen molar-refractivity contribution in [3.63, 3.8) is 0 Å². The summed E-state index contributed by atoms with van der Waals surface area (Å²) in [7, 11) is 0. The minimum absolute atomic E-state index is 0.134. The highest BCUT2D eigenvalue weighted by molar-refractivity contribution is 6.07. The lowest BCUT2D eigenvalue weighted by Gasteiger charge is -2.19. The number of fused-ring (bicyclic) bond motifs is 3. The van der Waals surface area contributed by atoms with E-state index in [9.17, 15) is 14.4 Å². The first-order valence-electron chi connectivity index (χ1n) is 10.3. The summed E-state index contributed by atoms with van der Waals surface area (Å²) < 4.78 is 5.16. The van der Waals surface area contributed by atoms with E-state index in [1.807, 2.05) is 45.0 Å². The maximum atomic E-state index is 12.2. The lowest BCUT2D eigenvalue weighted by molar-refractivity contribution is -0.115. The number of carbonyl (C=O) groups is 2. The summed E-state index contributed by atoms with van der Waals surface area (Å²) in [4.78, 5) is 38.9. The molecule has 8 heteroatoms. The number of ether oxygens (including phenoxy) is 1. The van der Waals surface area contributed by atoms with E-state index in [0.29, 0.717) is 30.6 Å². The Balaban J connectivity index is 1.49. The summed E-state index contributed by atoms with van der Waals surface area (Å²) in [5.41, 5.74) is 0.718. The number of rotatable bonds is 7. The van der Waals surface area contributed by atoms with Crippen molar-refractivity contribution in [2.24, 2.45) is 0 Å². The van der Waals surface area contributed by atoms with Gasteiger partial charge < -0.3 is 25.7 Å². The van der Waals surface area contributed by atoms with E-state index in [2.05, 4.69) is 20.9 Å². The third kappa shape index (κ3) is 6.29. The minimum Gasteiger partial charge on any atom is -0.444 e. The van der Waals surface area contributed by atoms with Crippen molar-refractivity contribution >= 4 is 39.4 Å². The fourth-order valence-corrected chi connectivity index (χ4v) is 3.18. The largest absolute Gasteiger partial charge is 0.444 e. The number of benzene rings is 2. The van der Waals surface area contributed by atoms with Crippen LogP contribution < -0.4 is 21.5 Å². The number of aromatic nitrogens is 1. The van der Waals surface area contributed by atoms with Crippen LogP contribution in [0, 0.1) is 0 Å². The van der Waals surface area contributed by atoms with Crippen molar-refractivity contribution in [1.29, 1.82) is 0 Å². The van der Waals surface area contributed by atoms with Gasteiger partial charge in [0.1, 0.15) is 5.60 Å². The molecule has 1 aromatic heterocycles. The van der Waals surface area contributed by atoms with E-state index in [1.165, 1.54) is 0 Å². The Labute approximate surface area is 180 Å². The lowest BCUT2D eigenvalue weighted by atomic mass is 10.1. The van der Waals surface area contributed by atoms with Crippen molar-refractivity contribution in [3.05, 3.63) is 52.8 Å². The predicted molar refractivity (Wildman–Crippen MR) is 122 cm³/mol. The Morgan fingerprint density at radius 3 is 2.48 bits per heavy atom. The van der Waals surface area contributed by atoms with E-state index in [0.717, 1.165) is 16.3 Å². The topological polar surface area (TPSA) is 112 Å². The molecule has 1 heterocycles. The lowest BCUT2D eigenvalue weighted by Crippen LogP contribution is -2.34. The molecule has 164 valence electrons. The quantitative estimate of drug-likeness (QED) is 0.344. The Morgan fingerprint density at radius 1 is 1.00 bits per heavy atom. The third-order valence-corrected chi connectivity index (χ3v) is 4.50. The van der Waals surface area contributed by atoms with E-state index < -0.39 is 11.7 Å². The van der Waals surface area contributed by atoms with Crippen molar-refractivity contribution < 1.29 is 14.3 Å². The van der Waals surface area contributed by atoms with Gasteiger partial charge in [0.25, 0.3) is 5.56 Å². The van der Waals surface area contributed by atoms with Gasteiger partial charge in [-0.05, 0) is 63.4 Å². The zero-order chi connectivity index (χ0) is 22.4. The maximum Gasteiger partial charge on any atom is 0.407 e.